The molecule has 1 unspecified atom stereocenters. The zero-order valence-electron chi connectivity index (χ0n) is 15.8. The van der Waals surface area contributed by atoms with Crippen LogP contribution in [0.5, 0.6) is 0 Å². The van der Waals surface area contributed by atoms with Gasteiger partial charge in [0.2, 0.25) is 0 Å². The highest BCUT2D eigenvalue weighted by Crippen LogP contribution is 2.23. The number of rotatable bonds is 8. The highest BCUT2D eigenvalue weighted by atomic mass is 16.5. The quantitative estimate of drug-likeness (QED) is 0.401. The van der Waals surface area contributed by atoms with Gasteiger partial charge in [0.15, 0.2) is 0 Å². The van der Waals surface area contributed by atoms with E-state index in [0.29, 0.717) is 11.3 Å². The van der Waals surface area contributed by atoms with Crippen LogP contribution in [0.4, 0.5) is 5.69 Å². The van der Waals surface area contributed by atoms with Crippen molar-refractivity contribution in [3.8, 4) is 0 Å². The lowest BCUT2D eigenvalue weighted by atomic mass is 9.85. The number of hydrazine groups is 1. The first-order valence-corrected chi connectivity index (χ1v) is 8.84. The third kappa shape index (κ3) is 5.74. The Morgan fingerprint density at radius 1 is 1.12 bits per heavy atom. The highest BCUT2D eigenvalue weighted by molar-refractivity contribution is 5.95. The number of ether oxygens (including phenoxy) is 1. The van der Waals surface area contributed by atoms with Crippen LogP contribution in [0.3, 0.4) is 0 Å². The fraction of sp³-hybridized carbons (Fsp3) is 0.318. The summed E-state index contributed by atoms with van der Waals surface area (Å²) in [6.07, 6.45) is 2.71. The van der Waals surface area contributed by atoms with Crippen molar-refractivity contribution in [1.82, 2.24) is 5.43 Å². The summed E-state index contributed by atoms with van der Waals surface area (Å²) >= 11 is 0. The van der Waals surface area contributed by atoms with Gasteiger partial charge < -0.3 is 10.2 Å². The van der Waals surface area contributed by atoms with E-state index >= 15 is 0 Å². The van der Waals surface area contributed by atoms with Crippen molar-refractivity contribution in [2.24, 2.45) is 5.41 Å². The Bertz CT molecular complexity index is 720. The van der Waals surface area contributed by atoms with Gasteiger partial charge in [-0.3, -0.25) is 0 Å². The Morgan fingerprint density at radius 3 is 2.42 bits per heavy atom. The van der Waals surface area contributed by atoms with Crippen LogP contribution in [0.1, 0.15) is 43.1 Å². The fourth-order valence-electron chi connectivity index (χ4n) is 2.53. The molecule has 0 radical (unpaired) electrons. The van der Waals surface area contributed by atoms with E-state index < -0.39 is 0 Å². The van der Waals surface area contributed by atoms with Crippen LogP contribution in [-0.4, -0.2) is 12.0 Å². The van der Waals surface area contributed by atoms with Gasteiger partial charge in [-0.15, -0.1) is 6.58 Å². The molecule has 0 amide bonds. The smallest absolute Gasteiger partial charge is 0.340 e. The minimum atomic E-state index is -0.352. The topological polar surface area (TPSA) is 50.4 Å². The number of para-hydroxylation sites is 1. The second kappa shape index (κ2) is 9.20. The second-order valence-corrected chi connectivity index (χ2v) is 7.32. The summed E-state index contributed by atoms with van der Waals surface area (Å²) < 4.78 is 5.45. The maximum atomic E-state index is 12.5. The molecule has 2 aromatic rings. The third-order valence-electron chi connectivity index (χ3n) is 4.19. The van der Waals surface area contributed by atoms with Gasteiger partial charge in [-0.1, -0.05) is 69.3 Å². The predicted molar refractivity (Wildman–Crippen MR) is 107 cm³/mol. The largest absolute Gasteiger partial charge is 0.457 e. The molecule has 0 aromatic heterocycles. The first-order valence-electron chi connectivity index (χ1n) is 8.84. The van der Waals surface area contributed by atoms with Gasteiger partial charge in [0, 0.05) is 6.04 Å². The molecule has 138 valence electrons. The van der Waals surface area contributed by atoms with Gasteiger partial charge in [0.05, 0.1) is 11.3 Å². The van der Waals surface area contributed by atoms with Gasteiger partial charge in [-0.2, -0.15) is 0 Å². The third-order valence-corrected chi connectivity index (χ3v) is 4.19. The van der Waals surface area contributed by atoms with E-state index in [1.54, 1.807) is 6.07 Å². The molecule has 26 heavy (non-hydrogen) atoms. The Labute approximate surface area is 156 Å². The zero-order chi connectivity index (χ0) is 19.0. The summed E-state index contributed by atoms with van der Waals surface area (Å²) in [5.74, 6) is -0.352. The lowest BCUT2D eigenvalue weighted by Crippen LogP contribution is -2.43. The maximum Gasteiger partial charge on any atom is 0.340 e. The predicted octanol–water partition coefficient (Wildman–Crippen LogP) is 4.95. The molecule has 2 rings (SSSR count). The summed E-state index contributed by atoms with van der Waals surface area (Å²) in [5.41, 5.74) is 8.71. The minimum absolute atomic E-state index is 0.0456. The van der Waals surface area contributed by atoms with Crippen molar-refractivity contribution in [2.75, 3.05) is 5.43 Å². The van der Waals surface area contributed by atoms with E-state index in [4.69, 9.17) is 4.74 Å². The number of hydrogen-bond donors (Lipinski definition) is 2. The molecule has 1 atom stereocenters. The highest BCUT2D eigenvalue weighted by Gasteiger charge is 2.23. The lowest BCUT2D eigenvalue weighted by Gasteiger charge is -2.31. The van der Waals surface area contributed by atoms with Crippen LogP contribution >= 0.6 is 0 Å². The molecule has 0 spiro atoms. The summed E-state index contributed by atoms with van der Waals surface area (Å²) in [5, 5.41) is 0. The van der Waals surface area contributed by atoms with Crippen LogP contribution in [0.2, 0.25) is 0 Å². The first kappa shape index (κ1) is 19.7. The molecule has 0 aliphatic heterocycles. The Kier molecular flexibility index (Phi) is 6.98. The van der Waals surface area contributed by atoms with Gasteiger partial charge in [-0.05, 0) is 29.5 Å². The number of carbonyl (C=O) groups excluding carboxylic acids is 1. The number of esters is 1. The van der Waals surface area contributed by atoms with E-state index in [-0.39, 0.29) is 24.0 Å². The molecule has 0 aliphatic carbocycles. The summed E-state index contributed by atoms with van der Waals surface area (Å²) in [6, 6.07) is 17.2. The van der Waals surface area contributed by atoms with Gasteiger partial charge in [0.1, 0.15) is 6.61 Å². The first-order chi connectivity index (χ1) is 12.4. The molecule has 0 fully saturated rings. The van der Waals surface area contributed by atoms with Gasteiger partial charge >= 0.3 is 5.97 Å². The molecule has 0 saturated carbocycles. The zero-order valence-corrected chi connectivity index (χ0v) is 15.8. The molecule has 0 saturated heterocycles. The van der Waals surface area contributed by atoms with E-state index in [0.717, 1.165) is 12.0 Å². The molecule has 4 heteroatoms. The monoisotopic (exact) mass is 352 g/mol. The molecule has 0 bridgehead atoms. The Hall–Kier alpha value is -2.59. The number of benzene rings is 2. The van der Waals surface area contributed by atoms with Crippen molar-refractivity contribution < 1.29 is 9.53 Å². The molecule has 0 aliphatic rings. The van der Waals surface area contributed by atoms with Crippen LogP contribution in [0.25, 0.3) is 0 Å². The van der Waals surface area contributed by atoms with Crippen molar-refractivity contribution in [2.45, 2.75) is 39.8 Å². The van der Waals surface area contributed by atoms with Gasteiger partial charge in [0.25, 0.3) is 0 Å². The Morgan fingerprint density at radius 2 is 1.77 bits per heavy atom. The molecular weight excluding hydrogens is 324 g/mol. The van der Waals surface area contributed by atoms with E-state index in [1.807, 2.05) is 54.6 Å². The lowest BCUT2D eigenvalue weighted by molar-refractivity contribution is 0.0473. The maximum absolute atomic E-state index is 12.5. The minimum Gasteiger partial charge on any atom is -0.457 e. The van der Waals surface area contributed by atoms with E-state index in [1.165, 1.54) is 0 Å². The van der Waals surface area contributed by atoms with E-state index in [2.05, 4.69) is 38.2 Å². The van der Waals surface area contributed by atoms with Crippen LogP contribution in [0, 0.1) is 5.41 Å². The molecule has 4 nitrogen and oxygen atoms in total. The summed E-state index contributed by atoms with van der Waals surface area (Å²) in [7, 11) is 0. The number of hydrogen-bond acceptors (Lipinski definition) is 4. The Balaban J connectivity index is 2.04. The molecule has 2 N–H and O–H groups in total. The standard InChI is InChI=1S/C22H28N2O2/c1-5-11-20(22(2,3)4)24-23-19-15-10-9-14-18(19)21(25)26-16-17-12-7-6-8-13-17/h5-10,12-15,20,23-24H,1,11,16H2,2-4H3. The molecule has 0 heterocycles. The average Bonchev–Trinajstić information content (AvgIpc) is 2.63. The van der Waals surface area contributed by atoms with Gasteiger partial charge in [-0.25, -0.2) is 10.2 Å². The van der Waals surface area contributed by atoms with Crippen LogP contribution in [0.15, 0.2) is 67.3 Å². The van der Waals surface area contributed by atoms with Crippen LogP contribution in [-0.2, 0) is 11.3 Å². The normalized spacial score (nSPS) is 12.3. The fourth-order valence-corrected chi connectivity index (χ4v) is 2.53. The van der Waals surface area contributed by atoms with Crippen molar-refractivity contribution >= 4 is 11.7 Å². The average molecular weight is 352 g/mol. The second-order valence-electron chi connectivity index (χ2n) is 7.32. The number of anilines is 1. The van der Waals surface area contributed by atoms with Crippen LogP contribution < -0.4 is 10.9 Å². The SMILES string of the molecule is C=CCC(NNc1ccccc1C(=O)OCc1ccccc1)C(C)(C)C. The number of nitrogens with one attached hydrogen (secondary N) is 2. The van der Waals surface area contributed by atoms with Crippen molar-refractivity contribution in [3.05, 3.63) is 78.4 Å². The molecule has 2 aromatic carbocycles. The van der Waals surface area contributed by atoms with Crippen molar-refractivity contribution in [1.29, 1.82) is 0 Å². The number of carbonyl (C=O) groups is 1. The summed E-state index contributed by atoms with van der Waals surface area (Å²) in [4.78, 5) is 12.5. The van der Waals surface area contributed by atoms with E-state index in [9.17, 15) is 4.79 Å². The van der Waals surface area contributed by atoms with Crippen molar-refractivity contribution in [3.63, 3.8) is 0 Å². The summed E-state index contributed by atoms with van der Waals surface area (Å²) in [6.45, 7) is 10.6. The molecular formula is C22H28N2O2.